The Hall–Kier alpha value is -1.71. The molecule has 2 rings (SSSR count). The smallest absolute Gasteiger partial charge is 0.224 e. The zero-order valence-corrected chi connectivity index (χ0v) is 14.7. The Morgan fingerprint density at radius 3 is 2.39 bits per heavy atom. The largest absolute Gasteiger partial charge is 0.353 e. The topological polar surface area (TPSA) is 41.1 Å². The number of anilines is 2. The van der Waals surface area contributed by atoms with E-state index in [4.69, 9.17) is 23.2 Å². The van der Waals surface area contributed by atoms with Crippen LogP contribution in [0.3, 0.4) is 0 Å². The van der Waals surface area contributed by atoms with Crippen LogP contribution in [-0.2, 0) is 11.2 Å². The van der Waals surface area contributed by atoms with Crippen molar-refractivity contribution in [2.45, 2.75) is 32.7 Å². The molecule has 0 fully saturated rings. The third-order valence-corrected chi connectivity index (χ3v) is 4.24. The lowest BCUT2D eigenvalue weighted by Gasteiger charge is -2.16. The van der Waals surface area contributed by atoms with Crippen molar-refractivity contribution in [3.8, 4) is 0 Å². The molecule has 2 N–H and O–H groups in total. The number of nitrogens with one attached hydrogen (secondary N) is 2. The van der Waals surface area contributed by atoms with Crippen LogP contribution < -0.4 is 10.6 Å². The molecular formula is C18H20Cl2N2O. The molecular weight excluding hydrogens is 331 g/mol. The van der Waals surface area contributed by atoms with Crippen LogP contribution in [-0.4, -0.2) is 11.9 Å². The van der Waals surface area contributed by atoms with Crippen molar-refractivity contribution in [1.29, 1.82) is 0 Å². The van der Waals surface area contributed by atoms with Gasteiger partial charge in [-0.3, -0.25) is 4.79 Å². The molecule has 0 saturated heterocycles. The molecule has 2 aromatic carbocycles. The van der Waals surface area contributed by atoms with Crippen molar-refractivity contribution in [3.05, 3.63) is 58.1 Å². The summed E-state index contributed by atoms with van der Waals surface area (Å²) in [7, 11) is 0. The highest BCUT2D eigenvalue weighted by Gasteiger charge is 2.12. The first-order chi connectivity index (χ1) is 11.0. The highest BCUT2D eigenvalue weighted by atomic mass is 35.5. The zero-order chi connectivity index (χ0) is 16.8. The summed E-state index contributed by atoms with van der Waals surface area (Å²) in [6.45, 7) is 4.03. The van der Waals surface area contributed by atoms with E-state index in [1.165, 1.54) is 0 Å². The van der Waals surface area contributed by atoms with E-state index >= 15 is 0 Å². The lowest BCUT2D eigenvalue weighted by atomic mass is 10.1. The number of amides is 1. The fraction of sp³-hybridized carbons (Fsp3) is 0.278. The van der Waals surface area contributed by atoms with Crippen LogP contribution in [0.25, 0.3) is 0 Å². The summed E-state index contributed by atoms with van der Waals surface area (Å²) in [4.78, 5) is 12.1. The molecule has 0 aliphatic carbocycles. The van der Waals surface area contributed by atoms with Gasteiger partial charge in [0, 0.05) is 11.7 Å². The molecule has 5 heteroatoms. The van der Waals surface area contributed by atoms with Crippen LogP contribution in [0.5, 0.6) is 0 Å². The van der Waals surface area contributed by atoms with Gasteiger partial charge in [0.05, 0.1) is 22.2 Å². The van der Waals surface area contributed by atoms with Crippen LogP contribution >= 0.6 is 23.2 Å². The Kier molecular flexibility index (Phi) is 6.31. The fourth-order valence-corrected chi connectivity index (χ4v) is 2.64. The Morgan fingerprint density at radius 2 is 1.74 bits per heavy atom. The van der Waals surface area contributed by atoms with Crippen molar-refractivity contribution in [1.82, 2.24) is 5.32 Å². The van der Waals surface area contributed by atoms with E-state index in [2.05, 4.69) is 10.6 Å². The number of benzene rings is 2. The summed E-state index contributed by atoms with van der Waals surface area (Å²) in [5.41, 5.74) is 2.36. The quantitative estimate of drug-likeness (QED) is 0.752. The Balaban J connectivity index is 2.19. The van der Waals surface area contributed by atoms with E-state index in [1.807, 2.05) is 38.1 Å². The number of hydrogen-bond donors (Lipinski definition) is 2. The van der Waals surface area contributed by atoms with Crippen LogP contribution in [0.1, 0.15) is 25.8 Å². The second kappa shape index (κ2) is 8.23. The van der Waals surface area contributed by atoms with Gasteiger partial charge in [-0.1, -0.05) is 54.4 Å². The van der Waals surface area contributed by atoms with Gasteiger partial charge in [0.15, 0.2) is 0 Å². The third-order valence-electron chi connectivity index (χ3n) is 3.61. The van der Waals surface area contributed by atoms with Crippen molar-refractivity contribution >= 4 is 40.5 Å². The first kappa shape index (κ1) is 17.6. The Morgan fingerprint density at radius 1 is 1.09 bits per heavy atom. The second-order valence-corrected chi connectivity index (χ2v) is 6.25. The SMILES string of the molecule is CCC(C)NC(=O)Cc1ccccc1Nc1c(Cl)cccc1Cl. The minimum Gasteiger partial charge on any atom is -0.353 e. The number of halogens is 2. The molecule has 0 aliphatic heterocycles. The molecule has 3 nitrogen and oxygen atoms in total. The molecule has 122 valence electrons. The second-order valence-electron chi connectivity index (χ2n) is 5.43. The van der Waals surface area contributed by atoms with E-state index in [1.54, 1.807) is 18.2 Å². The molecule has 0 spiro atoms. The Labute approximate surface area is 147 Å². The molecule has 0 aromatic heterocycles. The minimum atomic E-state index is -0.00106. The lowest BCUT2D eigenvalue weighted by Crippen LogP contribution is -2.33. The maximum absolute atomic E-state index is 12.1. The average molecular weight is 351 g/mol. The van der Waals surface area contributed by atoms with Crippen LogP contribution in [0.15, 0.2) is 42.5 Å². The zero-order valence-electron chi connectivity index (χ0n) is 13.2. The van der Waals surface area contributed by atoms with E-state index in [-0.39, 0.29) is 11.9 Å². The number of rotatable bonds is 6. The summed E-state index contributed by atoms with van der Waals surface area (Å²) >= 11 is 12.4. The summed E-state index contributed by atoms with van der Waals surface area (Å²) in [6, 6.07) is 13.1. The Bertz CT molecular complexity index is 668. The van der Waals surface area contributed by atoms with Crippen molar-refractivity contribution in [2.24, 2.45) is 0 Å². The number of hydrogen-bond acceptors (Lipinski definition) is 2. The normalized spacial score (nSPS) is 11.8. The lowest BCUT2D eigenvalue weighted by molar-refractivity contribution is -0.121. The summed E-state index contributed by atoms with van der Waals surface area (Å²) < 4.78 is 0. The molecule has 0 heterocycles. The van der Waals surface area contributed by atoms with Gasteiger partial charge in [0.2, 0.25) is 5.91 Å². The van der Waals surface area contributed by atoms with Gasteiger partial charge in [-0.05, 0) is 37.1 Å². The first-order valence-corrected chi connectivity index (χ1v) is 8.35. The standard InChI is InChI=1S/C18H20Cl2N2O/c1-3-12(2)21-17(23)11-13-7-4-5-10-16(13)22-18-14(19)8-6-9-15(18)20/h4-10,12,22H,3,11H2,1-2H3,(H,21,23). The van der Waals surface area contributed by atoms with Gasteiger partial charge in [-0.25, -0.2) is 0 Å². The molecule has 1 atom stereocenters. The molecule has 23 heavy (non-hydrogen) atoms. The van der Waals surface area contributed by atoms with E-state index in [0.29, 0.717) is 22.2 Å². The van der Waals surface area contributed by atoms with Crippen molar-refractivity contribution in [3.63, 3.8) is 0 Å². The first-order valence-electron chi connectivity index (χ1n) is 7.59. The maximum Gasteiger partial charge on any atom is 0.224 e. The van der Waals surface area contributed by atoms with Gasteiger partial charge in [0.1, 0.15) is 0 Å². The molecule has 0 bridgehead atoms. The maximum atomic E-state index is 12.1. The van der Waals surface area contributed by atoms with Crippen molar-refractivity contribution in [2.75, 3.05) is 5.32 Å². The van der Waals surface area contributed by atoms with Crippen LogP contribution in [0, 0.1) is 0 Å². The molecule has 0 radical (unpaired) electrons. The molecule has 2 aromatic rings. The predicted octanol–water partition coefficient (Wildman–Crippen LogP) is 5.19. The molecule has 1 unspecified atom stereocenters. The van der Waals surface area contributed by atoms with Gasteiger partial charge in [-0.15, -0.1) is 0 Å². The minimum absolute atomic E-state index is 0.00106. The predicted molar refractivity (Wildman–Crippen MR) is 97.8 cm³/mol. The van der Waals surface area contributed by atoms with Gasteiger partial charge in [-0.2, -0.15) is 0 Å². The number of para-hydroxylation sites is 2. The highest BCUT2D eigenvalue weighted by Crippen LogP contribution is 2.33. The van der Waals surface area contributed by atoms with E-state index in [0.717, 1.165) is 17.7 Å². The highest BCUT2D eigenvalue weighted by molar-refractivity contribution is 6.39. The number of carbonyl (C=O) groups excluding carboxylic acids is 1. The van der Waals surface area contributed by atoms with E-state index < -0.39 is 0 Å². The van der Waals surface area contributed by atoms with Crippen LogP contribution in [0.2, 0.25) is 10.0 Å². The van der Waals surface area contributed by atoms with Gasteiger partial charge >= 0.3 is 0 Å². The van der Waals surface area contributed by atoms with Crippen LogP contribution in [0.4, 0.5) is 11.4 Å². The average Bonchev–Trinajstić information content (AvgIpc) is 2.52. The third kappa shape index (κ3) is 4.88. The number of carbonyl (C=O) groups is 1. The molecule has 0 aliphatic rings. The monoisotopic (exact) mass is 350 g/mol. The fourth-order valence-electron chi connectivity index (χ4n) is 2.15. The summed E-state index contributed by atoms with van der Waals surface area (Å²) in [5.74, 6) is -0.00106. The van der Waals surface area contributed by atoms with E-state index in [9.17, 15) is 4.79 Å². The molecule has 0 saturated carbocycles. The molecule has 1 amide bonds. The van der Waals surface area contributed by atoms with Gasteiger partial charge < -0.3 is 10.6 Å². The summed E-state index contributed by atoms with van der Waals surface area (Å²) in [5, 5.41) is 7.29. The summed E-state index contributed by atoms with van der Waals surface area (Å²) in [6.07, 6.45) is 1.20. The van der Waals surface area contributed by atoms with Crippen molar-refractivity contribution < 1.29 is 4.79 Å². The van der Waals surface area contributed by atoms with Gasteiger partial charge in [0.25, 0.3) is 0 Å².